The van der Waals surface area contributed by atoms with E-state index < -0.39 is 6.10 Å². The third-order valence-electron chi connectivity index (χ3n) is 4.07. The van der Waals surface area contributed by atoms with Crippen LogP contribution in [-0.2, 0) is 0 Å². The second-order valence-corrected chi connectivity index (χ2v) is 7.63. The Bertz CT molecular complexity index is 680. The van der Waals surface area contributed by atoms with Gasteiger partial charge in [0.25, 0.3) is 5.91 Å². The molecule has 1 aliphatic heterocycles. The number of piperazine rings is 1. The maximum atomic E-state index is 12.6. The van der Waals surface area contributed by atoms with Gasteiger partial charge in [-0.05, 0) is 29.6 Å². The van der Waals surface area contributed by atoms with E-state index in [4.69, 9.17) is 23.2 Å². The Morgan fingerprint density at radius 1 is 1.17 bits per heavy atom. The third-order valence-corrected chi connectivity index (χ3v) is 5.48. The van der Waals surface area contributed by atoms with Gasteiger partial charge in [-0.3, -0.25) is 9.69 Å². The summed E-state index contributed by atoms with van der Waals surface area (Å²) in [4.78, 5) is 17.5. The first-order valence-corrected chi connectivity index (χ1v) is 9.35. The van der Waals surface area contributed by atoms with Gasteiger partial charge in [-0.1, -0.05) is 29.3 Å². The smallest absolute Gasteiger partial charge is 0.254 e. The molecular formula is C17H18Cl2N2O2S. The molecule has 1 N–H and O–H groups in total. The molecule has 1 fully saturated rings. The summed E-state index contributed by atoms with van der Waals surface area (Å²) in [6.45, 7) is 3.32. The lowest BCUT2D eigenvalue weighted by molar-refractivity contribution is 0.0533. The molecule has 7 heteroatoms. The lowest BCUT2D eigenvalue weighted by atomic mass is 10.1. The highest BCUT2D eigenvalue weighted by Crippen LogP contribution is 2.22. The molecule has 4 nitrogen and oxygen atoms in total. The molecule has 1 amide bonds. The number of halogens is 2. The first-order valence-electron chi connectivity index (χ1n) is 7.72. The first-order chi connectivity index (χ1) is 11.5. The number of amides is 1. The molecule has 1 aliphatic rings. The molecule has 2 aromatic rings. The topological polar surface area (TPSA) is 43.8 Å². The number of β-amino-alcohol motifs (C(OH)–C–C–N with tert-alkyl or cyclic N) is 1. The van der Waals surface area contributed by atoms with Crippen LogP contribution >= 0.6 is 34.5 Å². The van der Waals surface area contributed by atoms with Crippen LogP contribution in [0.15, 0.2) is 35.7 Å². The molecule has 1 atom stereocenters. The molecule has 0 aliphatic carbocycles. The number of hydrogen-bond donors (Lipinski definition) is 1. The van der Waals surface area contributed by atoms with Gasteiger partial charge in [0.15, 0.2) is 0 Å². The Balaban J connectivity index is 1.55. The summed E-state index contributed by atoms with van der Waals surface area (Å²) in [6.07, 6.45) is -0.473. The van der Waals surface area contributed by atoms with Crippen LogP contribution in [-0.4, -0.2) is 53.5 Å². The number of aliphatic hydroxyl groups is 1. The average Bonchev–Trinajstić information content (AvgIpc) is 3.08. The molecule has 3 rings (SSSR count). The Morgan fingerprint density at radius 3 is 2.42 bits per heavy atom. The zero-order valence-corrected chi connectivity index (χ0v) is 15.3. The minimum absolute atomic E-state index is 0.0575. The summed E-state index contributed by atoms with van der Waals surface area (Å²) < 4.78 is 0. The molecule has 0 radical (unpaired) electrons. The molecule has 1 aromatic heterocycles. The molecule has 2 heterocycles. The number of rotatable bonds is 4. The van der Waals surface area contributed by atoms with Crippen LogP contribution in [0.1, 0.15) is 21.3 Å². The number of aliphatic hydroxyl groups excluding tert-OH is 1. The summed E-state index contributed by atoms with van der Waals surface area (Å²) in [6, 6.07) is 8.78. The number of benzene rings is 1. The maximum absolute atomic E-state index is 12.6. The van der Waals surface area contributed by atoms with Crippen molar-refractivity contribution in [2.75, 3.05) is 32.7 Å². The van der Waals surface area contributed by atoms with E-state index >= 15 is 0 Å². The zero-order valence-electron chi connectivity index (χ0n) is 13.0. The van der Waals surface area contributed by atoms with Crippen LogP contribution < -0.4 is 0 Å². The Labute approximate surface area is 155 Å². The Hall–Kier alpha value is -1.11. The highest BCUT2D eigenvalue weighted by molar-refractivity contribution is 7.10. The largest absolute Gasteiger partial charge is 0.386 e. The lowest BCUT2D eigenvalue weighted by Gasteiger charge is -2.35. The second-order valence-electron chi connectivity index (χ2n) is 5.78. The highest BCUT2D eigenvalue weighted by atomic mass is 35.5. The molecule has 1 aromatic carbocycles. The fourth-order valence-electron chi connectivity index (χ4n) is 2.81. The van der Waals surface area contributed by atoms with E-state index in [0.29, 0.717) is 35.2 Å². The number of carbonyl (C=O) groups excluding carboxylic acids is 1. The molecule has 0 bridgehead atoms. The number of hydrogen-bond acceptors (Lipinski definition) is 4. The maximum Gasteiger partial charge on any atom is 0.254 e. The molecule has 0 saturated carbocycles. The Morgan fingerprint density at radius 2 is 1.83 bits per heavy atom. The predicted octanol–water partition coefficient (Wildman–Crippen LogP) is 3.55. The molecule has 1 saturated heterocycles. The quantitative estimate of drug-likeness (QED) is 0.876. The van der Waals surface area contributed by atoms with Crippen molar-refractivity contribution in [3.05, 3.63) is 56.2 Å². The van der Waals surface area contributed by atoms with Crippen LogP contribution in [0.2, 0.25) is 10.0 Å². The molecular weight excluding hydrogens is 367 g/mol. The van der Waals surface area contributed by atoms with Gasteiger partial charge < -0.3 is 10.0 Å². The van der Waals surface area contributed by atoms with Crippen molar-refractivity contribution >= 4 is 40.4 Å². The Kier molecular flexibility index (Phi) is 5.79. The minimum atomic E-state index is -0.473. The van der Waals surface area contributed by atoms with E-state index in [0.717, 1.165) is 18.0 Å². The van der Waals surface area contributed by atoms with E-state index in [1.54, 1.807) is 34.4 Å². The molecule has 128 valence electrons. The SMILES string of the molecule is O=C(c1cc(Cl)cc(Cl)c1)N1CCN(CC(O)c2cccs2)CC1. The first kappa shape index (κ1) is 17.7. The van der Waals surface area contributed by atoms with Gasteiger partial charge in [0.05, 0.1) is 0 Å². The van der Waals surface area contributed by atoms with Crippen LogP contribution in [0.25, 0.3) is 0 Å². The molecule has 0 spiro atoms. The van der Waals surface area contributed by atoms with Crippen molar-refractivity contribution in [2.45, 2.75) is 6.10 Å². The average molecular weight is 385 g/mol. The minimum Gasteiger partial charge on any atom is -0.386 e. The predicted molar refractivity (Wildman–Crippen MR) is 98.1 cm³/mol. The standard InChI is InChI=1S/C17H18Cl2N2O2S/c18-13-8-12(9-14(19)10-13)17(23)21-5-3-20(4-6-21)11-15(22)16-2-1-7-24-16/h1-2,7-10,15,22H,3-6,11H2. The van der Waals surface area contributed by atoms with Crippen LogP contribution in [0, 0.1) is 0 Å². The monoisotopic (exact) mass is 384 g/mol. The summed E-state index contributed by atoms with van der Waals surface area (Å²) in [7, 11) is 0. The third kappa shape index (κ3) is 4.29. The van der Waals surface area contributed by atoms with Gasteiger partial charge in [-0.2, -0.15) is 0 Å². The number of carbonyl (C=O) groups is 1. The summed E-state index contributed by atoms with van der Waals surface area (Å²) >= 11 is 13.5. The highest BCUT2D eigenvalue weighted by Gasteiger charge is 2.24. The van der Waals surface area contributed by atoms with Crippen molar-refractivity contribution in [3.63, 3.8) is 0 Å². The normalized spacial score (nSPS) is 17.0. The van der Waals surface area contributed by atoms with Gasteiger partial charge in [0, 0.05) is 53.2 Å². The van der Waals surface area contributed by atoms with Gasteiger partial charge >= 0.3 is 0 Å². The molecule has 1 unspecified atom stereocenters. The van der Waals surface area contributed by atoms with E-state index in [2.05, 4.69) is 4.90 Å². The van der Waals surface area contributed by atoms with Crippen molar-refractivity contribution in [1.82, 2.24) is 9.80 Å². The van der Waals surface area contributed by atoms with Crippen LogP contribution in [0.5, 0.6) is 0 Å². The second kappa shape index (κ2) is 7.85. The summed E-state index contributed by atoms with van der Waals surface area (Å²) in [5, 5.41) is 13.1. The van der Waals surface area contributed by atoms with Crippen LogP contribution in [0.3, 0.4) is 0 Å². The van der Waals surface area contributed by atoms with E-state index in [1.807, 2.05) is 17.5 Å². The summed E-state index contributed by atoms with van der Waals surface area (Å²) in [5.41, 5.74) is 0.513. The number of thiophene rings is 1. The van der Waals surface area contributed by atoms with Crippen molar-refractivity contribution in [1.29, 1.82) is 0 Å². The number of nitrogens with zero attached hydrogens (tertiary/aromatic N) is 2. The van der Waals surface area contributed by atoms with Gasteiger partial charge in [0.2, 0.25) is 0 Å². The van der Waals surface area contributed by atoms with Gasteiger partial charge in [-0.15, -0.1) is 11.3 Å². The van der Waals surface area contributed by atoms with Gasteiger partial charge in [0.1, 0.15) is 6.10 Å². The van der Waals surface area contributed by atoms with E-state index in [9.17, 15) is 9.90 Å². The van der Waals surface area contributed by atoms with Crippen molar-refractivity contribution < 1.29 is 9.90 Å². The summed E-state index contributed by atoms with van der Waals surface area (Å²) in [5.74, 6) is -0.0575. The van der Waals surface area contributed by atoms with E-state index in [1.165, 1.54) is 0 Å². The van der Waals surface area contributed by atoms with Gasteiger partial charge in [-0.25, -0.2) is 0 Å². The molecule has 24 heavy (non-hydrogen) atoms. The lowest BCUT2D eigenvalue weighted by Crippen LogP contribution is -2.49. The zero-order chi connectivity index (χ0) is 17.1. The fraction of sp³-hybridized carbons (Fsp3) is 0.353. The van der Waals surface area contributed by atoms with Crippen LogP contribution in [0.4, 0.5) is 0 Å². The van der Waals surface area contributed by atoms with E-state index in [-0.39, 0.29) is 5.91 Å². The van der Waals surface area contributed by atoms with Crippen molar-refractivity contribution in [3.8, 4) is 0 Å². The van der Waals surface area contributed by atoms with Crippen molar-refractivity contribution in [2.24, 2.45) is 0 Å². The fourth-order valence-corrected chi connectivity index (χ4v) is 4.04.